The summed E-state index contributed by atoms with van der Waals surface area (Å²) in [5, 5.41) is 10.2. The lowest BCUT2D eigenvalue weighted by molar-refractivity contribution is -0.192. The lowest BCUT2D eigenvalue weighted by atomic mass is 9.88. The number of nitrogens with one attached hydrogen (secondary N) is 1. The summed E-state index contributed by atoms with van der Waals surface area (Å²) in [6.07, 6.45) is -1.44. The van der Waals surface area contributed by atoms with Crippen LogP contribution in [0.2, 0.25) is 0 Å². The molecule has 1 atom stereocenters. The van der Waals surface area contributed by atoms with E-state index in [0.29, 0.717) is 31.9 Å². The first kappa shape index (κ1) is 29.2. The van der Waals surface area contributed by atoms with E-state index in [-0.39, 0.29) is 23.8 Å². The number of ether oxygens (including phenoxy) is 1. The Kier molecular flexibility index (Phi) is 9.92. The van der Waals surface area contributed by atoms with Gasteiger partial charge in [0, 0.05) is 32.7 Å². The van der Waals surface area contributed by atoms with Crippen molar-refractivity contribution in [2.24, 2.45) is 0 Å². The summed E-state index contributed by atoms with van der Waals surface area (Å²) >= 11 is 0. The molecule has 2 N–H and O–H groups in total. The predicted octanol–water partition coefficient (Wildman–Crippen LogP) is 2.51. The van der Waals surface area contributed by atoms with E-state index >= 15 is 0 Å². The van der Waals surface area contributed by atoms with Crippen LogP contribution < -0.4 is 5.32 Å². The number of carboxylic acid groups (broad SMARTS) is 1. The fourth-order valence-electron chi connectivity index (χ4n) is 4.55. The van der Waals surface area contributed by atoms with Gasteiger partial charge < -0.3 is 29.4 Å². The molecule has 1 unspecified atom stereocenters. The van der Waals surface area contributed by atoms with Gasteiger partial charge in [-0.25, -0.2) is 4.79 Å². The molecule has 0 aliphatic carbocycles. The van der Waals surface area contributed by atoms with E-state index in [1.807, 2.05) is 36.2 Å². The Labute approximate surface area is 218 Å². The van der Waals surface area contributed by atoms with Gasteiger partial charge in [-0.1, -0.05) is 30.3 Å². The first-order valence-corrected chi connectivity index (χ1v) is 12.3. The molecular formula is C26H32F3N3O6. The molecule has 9 nitrogen and oxygen atoms in total. The van der Waals surface area contributed by atoms with Gasteiger partial charge in [0.1, 0.15) is 11.9 Å². The number of likely N-dealkylation sites (tertiary alicyclic amines) is 1. The minimum atomic E-state index is -5.08. The number of aliphatic carboxylic acids is 1. The smallest absolute Gasteiger partial charge is 0.475 e. The van der Waals surface area contributed by atoms with Crippen molar-refractivity contribution in [2.45, 2.75) is 43.6 Å². The van der Waals surface area contributed by atoms with Crippen molar-refractivity contribution < 1.29 is 41.8 Å². The van der Waals surface area contributed by atoms with Crippen LogP contribution in [0.1, 0.15) is 24.2 Å². The third kappa shape index (κ3) is 8.59. The minimum Gasteiger partial charge on any atom is -0.475 e. The Bertz CT molecular complexity index is 1050. The number of amides is 2. The Morgan fingerprint density at radius 1 is 1.11 bits per heavy atom. The molecular weight excluding hydrogens is 507 g/mol. The van der Waals surface area contributed by atoms with Gasteiger partial charge in [-0.3, -0.25) is 9.59 Å². The summed E-state index contributed by atoms with van der Waals surface area (Å²) in [6.45, 7) is 3.22. The summed E-state index contributed by atoms with van der Waals surface area (Å²) < 4.78 is 43.4. The molecule has 208 valence electrons. The van der Waals surface area contributed by atoms with Crippen molar-refractivity contribution in [3.63, 3.8) is 0 Å². The van der Waals surface area contributed by atoms with Crippen LogP contribution in [0, 0.1) is 0 Å². The summed E-state index contributed by atoms with van der Waals surface area (Å²) in [4.78, 5) is 38.3. The highest BCUT2D eigenvalue weighted by Crippen LogP contribution is 2.32. The number of rotatable bonds is 6. The van der Waals surface area contributed by atoms with Gasteiger partial charge in [0.2, 0.25) is 5.91 Å². The van der Waals surface area contributed by atoms with Crippen molar-refractivity contribution in [3.8, 4) is 0 Å². The zero-order valence-corrected chi connectivity index (χ0v) is 21.1. The van der Waals surface area contributed by atoms with Crippen LogP contribution in [0.4, 0.5) is 13.2 Å². The molecule has 1 aromatic heterocycles. The molecule has 3 heterocycles. The molecule has 2 aliphatic heterocycles. The van der Waals surface area contributed by atoms with E-state index in [1.165, 1.54) is 5.56 Å². The van der Waals surface area contributed by atoms with E-state index in [2.05, 4.69) is 22.3 Å². The molecule has 2 saturated heterocycles. The highest BCUT2D eigenvalue weighted by Gasteiger charge is 2.44. The monoisotopic (exact) mass is 539 g/mol. The molecule has 4 rings (SSSR count). The number of carbonyl (C=O) groups is 3. The molecule has 38 heavy (non-hydrogen) atoms. The number of alkyl halides is 3. The van der Waals surface area contributed by atoms with Crippen LogP contribution >= 0.6 is 0 Å². The van der Waals surface area contributed by atoms with Gasteiger partial charge in [0.05, 0.1) is 18.3 Å². The second kappa shape index (κ2) is 12.9. The Morgan fingerprint density at radius 3 is 2.34 bits per heavy atom. The van der Waals surface area contributed by atoms with Gasteiger partial charge >= 0.3 is 12.1 Å². The molecule has 0 bridgehead atoms. The van der Waals surface area contributed by atoms with Crippen molar-refractivity contribution in [3.05, 3.63) is 60.1 Å². The lowest BCUT2D eigenvalue weighted by Crippen LogP contribution is -2.62. The molecule has 2 amide bonds. The van der Waals surface area contributed by atoms with Gasteiger partial charge in [0.25, 0.3) is 5.91 Å². The number of nitrogens with zero attached hydrogens (tertiary/aromatic N) is 2. The van der Waals surface area contributed by atoms with Crippen molar-refractivity contribution in [1.82, 2.24) is 15.1 Å². The maximum Gasteiger partial charge on any atom is 0.490 e. The van der Waals surface area contributed by atoms with Gasteiger partial charge in [-0.2, -0.15) is 13.2 Å². The van der Waals surface area contributed by atoms with Crippen LogP contribution in [-0.4, -0.2) is 90.3 Å². The number of carboxylic acids is 1. The average molecular weight is 540 g/mol. The van der Waals surface area contributed by atoms with Gasteiger partial charge in [-0.15, -0.1) is 0 Å². The highest BCUT2D eigenvalue weighted by atomic mass is 19.4. The Hall–Kier alpha value is -3.38. The number of carbonyl (C=O) groups excluding carboxylic acids is 2. The molecule has 2 aromatic rings. The minimum absolute atomic E-state index is 0.0572. The predicted molar refractivity (Wildman–Crippen MR) is 130 cm³/mol. The number of morpholine rings is 1. The lowest BCUT2D eigenvalue weighted by Gasteiger charge is -2.48. The molecule has 1 aromatic carbocycles. The van der Waals surface area contributed by atoms with E-state index in [9.17, 15) is 22.8 Å². The van der Waals surface area contributed by atoms with Gasteiger partial charge in [-0.05, 0) is 44.0 Å². The number of furan rings is 1. The maximum atomic E-state index is 12.8. The molecule has 0 saturated carbocycles. The first-order chi connectivity index (χ1) is 18.0. The summed E-state index contributed by atoms with van der Waals surface area (Å²) in [5.41, 5.74) is 0.822. The van der Waals surface area contributed by atoms with Crippen LogP contribution in [0.5, 0.6) is 0 Å². The number of hydrogen-bond acceptors (Lipinski definition) is 6. The van der Waals surface area contributed by atoms with Crippen molar-refractivity contribution in [1.29, 1.82) is 0 Å². The Morgan fingerprint density at radius 2 is 1.76 bits per heavy atom. The number of piperidine rings is 1. The van der Waals surface area contributed by atoms with Crippen LogP contribution in [0.3, 0.4) is 0 Å². The number of halogens is 3. The molecule has 12 heteroatoms. The summed E-state index contributed by atoms with van der Waals surface area (Å²) in [7, 11) is 2.03. The zero-order chi connectivity index (χ0) is 27.8. The quantitative estimate of drug-likeness (QED) is 0.580. The standard InChI is InChI=1S/C24H31N3O4.C2HF3O2/c1-26-17-21(23(29)25-12-9-19-6-3-2-4-7-19)31-24(18-26)10-13-27(14-11-24)22(28)16-20-8-5-15-30-20;3-2(4,5)1(6)7/h2-8,15,21H,9-14,16-18H2,1H3,(H,25,29);(H,6,7). The van der Waals surface area contributed by atoms with Crippen molar-refractivity contribution >= 4 is 17.8 Å². The fourth-order valence-corrected chi connectivity index (χ4v) is 4.55. The third-order valence-corrected chi connectivity index (χ3v) is 6.45. The average Bonchev–Trinajstić information content (AvgIpc) is 3.37. The van der Waals surface area contributed by atoms with E-state index in [1.54, 1.807) is 12.3 Å². The highest BCUT2D eigenvalue weighted by molar-refractivity contribution is 5.81. The second-order valence-corrected chi connectivity index (χ2v) is 9.45. The zero-order valence-electron chi connectivity index (χ0n) is 21.1. The number of likely N-dealkylation sites (N-methyl/N-ethyl adjacent to an activating group) is 1. The van der Waals surface area contributed by atoms with Crippen molar-refractivity contribution in [2.75, 3.05) is 39.8 Å². The molecule has 1 spiro atoms. The number of hydrogen-bond donors (Lipinski definition) is 2. The first-order valence-electron chi connectivity index (χ1n) is 12.3. The number of benzene rings is 1. The maximum absolute atomic E-state index is 12.8. The Balaban J connectivity index is 0.000000505. The summed E-state index contributed by atoms with van der Waals surface area (Å²) in [6, 6.07) is 13.7. The van der Waals surface area contributed by atoms with E-state index in [4.69, 9.17) is 19.1 Å². The van der Waals surface area contributed by atoms with Crippen LogP contribution in [-0.2, 0) is 32.0 Å². The largest absolute Gasteiger partial charge is 0.490 e. The summed E-state index contributed by atoms with van der Waals surface area (Å²) in [5.74, 6) is -2.05. The third-order valence-electron chi connectivity index (χ3n) is 6.45. The molecule has 2 aliphatic rings. The second-order valence-electron chi connectivity index (χ2n) is 9.45. The SMILES string of the molecule is CN1CC(C(=O)NCCc2ccccc2)OC2(CCN(C(=O)Cc3ccco3)CC2)C1.O=C(O)C(F)(F)F. The normalized spacial score (nSPS) is 19.4. The van der Waals surface area contributed by atoms with Gasteiger partial charge in [0.15, 0.2) is 0 Å². The fraction of sp³-hybridized carbons (Fsp3) is 0.500. The van der Waals surface area contributed by atoms with Crippen LogP contribution in [0.15, 0.2) is 53.1 Å². The van der Waals surface area contributed by atoms with Crippen LogP contribution in [0.25, 0.3) is 0 Å². The van der Waals surface area contributed by atoms with E-state index < -0.39 is 18.2 Å². The topological polar surface area (TPSA) is 112 Å². The molecule has 2 fully saturated rings. The van der Waals surface area contributed by atoms with E-state index in [0.717, 1.165) is 25.8 Å². The molecule has 0 radical (unpaired) electrons.